The standard InChI is InChI=1S/C15H18ClN5O3S/c1-10-9-13(20-19-10)18-15(22)11-4-7-21(8-5-11)25(23,24)12-3-2-6-17-14(12)16/h2-3,6,9,11H,4-5,7-8H2,1H3,(H2,18,19,20,22). The summed E-state index contributed by atoms with van der Waals surface area (Å²) in [5.41, 5.74) is 0.851. The largest absolute Gasteiger partial charge is 0.309 e. The summed E-state index contributed by atoms with van der Waals surface area (Å²) >= 11 is 5.91. The molecule has 0 atom stereocenters. The Kier molecular flexibility index (Phi) is 5.07. The van der Waals surface area contributed by atoms with E-state index in [2.05, 4.69) is 20.5 Å². The van der Waals surface area contributed by atoms with Crippen molar-refractivity contribution < 1.29 is 13.2 Å². The maximum Gasteiger partial charge on any atom is 0.246 e. The molecule has 0 unspecified atom stereocenters. The van der Waals surface area contributed by atoms with Gasteiger partial charge in [-0.2, -0.15) is 9.40 Å². The predicted octanol–water partition coefficient (Wildman–Crippen LogP) is 1.81. The molecule has 1 aliphatic rings. The molecule has 2 aromatic rings. The van der Waals surface area contributed by atoms with Crippen molar-refractivity contribution in [2.45, 2.75) is 24.7 Å². The number of carbonyl (C=O) groups is 1. The number of aromatic nitrogens is 3. The third kappa shape index (κ3) is 3.83. The summed E-state index contributed by atoms with van der Waals surface area (Å²) in [7, 11) is -3.71. The predicted molar refractivity (Wildman–Crippen MR) is 92.7 cm³/mol. The van der Waals surface area contributed by atoms with Crippen LogP contribution >= 0.6 is 11.6 Å². The normalized spacial score (nSPS) is 16.7. The monoisotopic (exact) mass is 383 g/mol. The van der Waals surface area contributed by atoms with Crippen molar-refractivity contribution >= 4 is 33.3 Å². The number of hydrogen-bond acceptors (Lipinski definition) is 5. The van der Waals surface area contributed by atoms with Crippen LogP contribution in [0.2, 0.25) is 5.15 Å². The number of hydrogen-bond donors (Lipinski definition) is 2. The minimum absolute atomic E-state index is 0.00781. The lowest BCUT2D eigenvalue weighted by Gasteiger charge is -2.30. The SMILES string of the molecule is Cc1cc(NC(=O)C2CCN(S(=O)(=O)c3cccnc3Cl)CC2)n[nH]1. The zero-order valence-electron chi connectivity index (χ0n) is 13.6. The highest BCUT2D eigenvalue weighted by Gasteiger charge is 2.33. The molecule has 0 spiro atoms. The van der Waals surface area contributed by atoms with Gasteiger partial charge in [-0.15, -0.1) is 0 Å². The minimum atomic E-state index is -3.71. The van der Waals surface area contributed by atoms with Crippen molar-refractivity contribution in [3.63, 3.8) is 0 Å². The highest BCUT2D eigenvalue weighted by Crippen LogP contribution is 2.27. The summed E-state index contributed by atoms with van der Waals surface area (Å²) in [6, 6.07) is 4.70. The zero-order valence-corrected chi connectivity index (χ0v) is 15.1. The molecule has 8 nitrogen and oxygen atoms in total. The first-order valence-electron chi connectivity index (χ1n) is 7.81. The van der Waals surface area contributed by atoms with Crippen LogP contribution in [0.1, 0.15) is 18.5 Å². The van der Waals surface area contributed by atoms with Gasteiger partial charge in [0.15, 0.2) is 5.82 Å². The van der Waals surface area contributed by atoms with Crippen molar-refractivity contribution in [3.05, 3.63) is 35.2 Å². The number of pyridine rings is 1. The fourth-order valence-corrected chi connectivity index (χ4v) is 4.67. The molecule has 1 saturated heterocycles. The molecule has 3 rings (SSSR count). The molecular weight excluding hydrogens is 366 g/mol. The molecule has 2 N–H and O–H groups in total. The van der Waals surface area contributed by atoms with Crippen molar-refractivity contribution in [2.24, 2.45) is 5.92 Å². The molecule has 3 heterocycles. The number of carbonyl (C=O) groups excluding carboxylic acids is 1. The van der Waals surface area contributed by atoms with E-state index in [0.717, 1.165) is 5.69 Å². The molecule has 2 aromatic heterocycles. The fraction of sp³-hybridized carbons (Fsp3) is 0.400. The third-order valence-electron chi connectivity index (χ3n) is 4.12. The lowest BCUT2D eigenvalue weighted by molar-refractivity contribution is -0.120. The van der Waals surface area contributed by atoms with E-state index in [1.165, 1.54) is 22.6 Å². The highest BCUT2D eigenvalue weighted by atomic mass is 35.5. The number of sulfonamides is 1. The molecule has 25 heavy (non-hydrogen) atoms. The van der Waals surface area contributed by atoms with Gasteiger partial charge in [-0.1, -0.05) is 11.6 Å². The Morgan fingerprint density at radius 3 is 2.72 bits per heavy atom. The van der Waals surface area contributed by atoms with Crippen LogP contribution < -0.4 is 5.32 Å². The second-order valence-electron chi connectivity index (χ2n) is 5.90. The number of nitrogens with one attached hydrogen (secondary N) is 2. The van der Waals surface area contributed by atoms with E-state index >= 15 is 0 Å². The summed E-state index contributed by atoms with van der Waals surface area (Å²) in [4.78, 5) is 16.1. The van der Waals surface area contributed by atoms with Crippen molar-refractivity contribution in [1.29, 1.82) is 0 Å². The van der Waals surface area contributed by atoms with Gasteiger partial charge in [0, 0.05) is 37.0 Å². The number of anilines is 1. The van der Waals surface area contributed by atoms with E-state index in [0.29, 0.717) is 18.7 Å². The van der Waals surface area contributed by atoms with Crippen LogP contribution in [0.25, 0.3) is 0 Å². The fourth-order valence-electron chi connectivity index (χ4n) is 2.77. The Bertz CT molecular complexity index is 875. The molecule has 0 aromatic carbocycles. The second kappa shape index (κ2) is 7.11. The number of amides is 1. The summed E-state index contributed by atoms with van der Waals surface area (Å²) in [6.45, 7) is 2.35. The average molecular weight is 384 g/mol. The molecular formula is C15H18ClN5O3S. The van der Waals surface area contributed by atoms with Crippen molar-refractivity contribution in [3.8, 4) is 0 Å². The summed E-state index contributed by atoms with van der Waals surface area (Å²) in [5.74, 6) is 0.0653. The molecule has 0 radical (unpaired) electrons. The number of piperidine rings is 1. The molecule has 0 saturated carbocycles. The number of halogens is 1. The van der Waals surface area contributed by atoms with Crippen LogP contribution in [0.3, 0.4) is 0 Å². The first-order valence-corrected chi connectivity index (χ1v) is 9.63. The summed E-state index contributed by atoms with van der Waals surface area (Å²) in [5, 5.41) is 9.43. The quantitative estimate of drug-likeness (QED) is 0.782. The van der Waals surface area contributed by atoms with Gasteiger partial charge in [0.1, 0.15) is 10.0 Å². The average Bonchev–Trinajstić information content (AvgIpc) is 3.00. The first kappa shape index (κ1) is 17.8. The van der Waals surface area contributed by atoms with Gasteiger partial charge in [0.05, 0.1) is 0 Å². The molecule has 10 heteroatoms. The topological polar surface area (TPSA) is 108 Å². The van der Waals surface area contributed by atoms with Crippen LogP contribution in [0.4, 0.5) is 5.82 Å². The van der Waals surface area contributed by atoms with E-state index in [1.54, 1.807) is 6.07 Å². The van der Waals surface area contributed by atoms with Crippen molar-refractivity contribution in [1.82, 2.24) is 19.5 Å². The number of aryl methyl sites for hydroxylation is 1. The smallest absolute Gasteiger partial charge is 0.246 e. The summed E-state index contributed by atoms with van der Waals surface area (Å²) < 4.78 is 26.7. The van der Waals surface area contributed by atoms with Crippen molar-refractivity contribution in [2.75, 3.05) is 18.4 Å². The van der Waals surface area contributed by atoms with Gasteiger partial charge in [-0.3, -0.25) is 9.89 Å². The summed E-state index contributed by atoms with van der Waals surface area (Å²) in [6.07, 6.45) is 2.31. The van der Waals surface area contributed by atoms with Crippen LogP contribution in [-0.2, 0) is 14.8 Å². The maximum atomic E-state index is 12.7. The van der Waals surface area contributed by atoms with Crippen LogP contribution in [-0.4, -0.2) is 46.9 Å². The van der Waals surface area contributed by atoms with Gasteiger partial charge in [0.25, 0.3) is 0 Å². The van der Waals surface area contributed by atoms with E-state index in [1.807, 2.05) is 6.92 Å². The maximum absolute atomic E-state index is 12.7. The second-order valence-corrected chi connectivity index (χ2v) is 8.16. The van der Waals surface area contributed by atoms with E-state index in [9.17, 15) is 13.2 Å². The Hall–Kier alpha value is -1.97. The molecule has 0 aliphatic carbocycles. The molecule has 134 valence electrons. The van der Waals surface area contributed by atoms with Gasteiger partial charge in [-0.05, 0) is 31.9 Å². The zero-order chi connectivity index (χ0) is 18.0. The van der Waals surface area contributed by atoms with Gasteiger partial charge in [-0.25, -0.2) is 13.4 Å². The van der Waals surface area contributed by atoms with E-state index in [-0.39, 0.29) is 35.0 Å². The Morgan fingerprint density at radius 1 is 1.40 bits per heavy atom. The van der Waals surface area contributed by atoms with Crippen LogP contribution in [0.5, 0.6) is 0 Å². The van der Waals surface area contributed by atoms with Gasteiger partial charge < -0.3 is 5.32 Å². The molecule has 1 aliphatic heterocycles. The molecule has 0 bridgehead atoms. The van der Waals surface area contributed by atoms with E-state index < -0.39 is 10.0 Å². The third-order valence-corrected chi connectivity index (χ3v) is 6.47. The lowest BCUT2D eigenvalue weighted by atomic mass is 9.97. The minimum Gasteiger partial charge on any atom is -0.309 e. The number of rotatable bonds is 4. The Labute approximate surface area is 150 Å². The Balaban J connectivity index is 1.63. The number of nitrogens with zero attached hydrogens (tertiary/aromatic N) is 3. The van der Waals surface area contributed by atoms with Gasteiger partial charge >= 0.3 is 0 Å². The van der Waals surface area contributed by atoms with E-state index in [4.69, 9.17) is 11.6 Å². The Morgan fingerprint density at radius 2 is 2.12 bits per heavy atom. The first-order chi connectivity index (χ1) is 11.9. The number of aromatic amines is 1. The number of H-pyrrole nitrogens is 1. The molecule has 1 amide bonds. The van der Waals surface area contributed by atoms with Gasteiger partial charge in [0.2, 0.25) is 15.9 Å². The highest BCUT2D eigenvalue weighted by molar-refractivity contribution is 7.89. The lowest BCUT2D eigenvalue weighted by Crippen LogP contribution is -2.41. The van der Waals surface area contributed by atoms with Crippen LogP contribution in [0, 0.1) is 12.8 Å². The molecule has 1 fully saturated rings. The van der Waals surface area contributed by atoms with Crippen LogP contribution in [0.15, 0.2) is 29.3 Å².